The Bertz CT molecular complexity index is 862. The van der Waals surface area contributed by atoms with Gasteiger partial charge < -0.3 is 4.90 Å². The first-order chi connectivity index (χ1) is 11.2. The van der Waals surface area contributed by atoms with Crippen LogP contribution in [-0.2, 0) is 6.42 Å². The maximum atomic E-state index is 12.9. The van der Waals surface area contributed by atoms with Gasteiger partial charge in [0.2, 0.25) is 0 Å². The summed E-state index contributed by atoms with van der Waals surface area (Å²) in [5.74, 6) is -0.0613. The van der Waals surface area contributed by atoms with Crippen LogP contribution in [-0.4, -0.2) is 26.9 Å². The molecule has 1 amide bonds. The zero-order chi connectivity index (χ0) is 15.8. The lowest BCUT2D eigenvalue weighted by molar-refractivity contribution is 0.0977. The summed E-state index contributed by atoms with van der Waals surface area (Å²) in [7, 11) is 0. The highest BCUT2D eigenvalue weighted by Gasteiger charge is 2.32. The molecule has 114 valence electrons. The van der Waals surface area contributed by atoms with Crippen molar-refractivity contribution in [1.29, 1.82) is 0 Å². The molecule has 1 aliphatic rings. The van der Waals surface area contributed by atoms with Crippen molar-refractivity contribution in [2.24, 2.45) is 0 Å². The largest absolute Gasteiger partial charge is 0.304 e. The summed E-state index contributed by atoms with van der Waals surface area (Å²) in [6, 6.07) is 8.18. The van der Waals surface area contributed by atoms with Crippen molar-refractivity contribution >= 4 is 22.9 Å². The van der Waals surface area contributed by atoms with Gasteiger partial charge in [0.05, 0.1) is 6.20 Å². The summed E-state index contributed by atoms with van der Waals surface area (Å²) in [5, 5.41) is 2.50. The third kappa shape index (κ3) is 2.41. The van der Waals surface area contributed by atoms with Crippen molar-refractivity contribution in [1.82, 2.24) is 15.0 Å². The molecule has 6 heteroatoms. The fraction of sp³-hybridized carbons (Fsp3) is 0.176. The monoisotopic (exact) mass is 322 g/mol. The summed E-state index contributed by atoms with van der Waals surface area (Å²) < 4.78 is 0. The van der Waals surface area contributed by atoms with Crippen LogP contribution in [0.15, 0.2) is 48.2 Å². The van der Waals surface area contributed by atoms with E-state index in [1.165, 1.54) is 16.9 Å². The standard InChI is InChI=1S/C17H14N4OS/c1-11-8-12-4-2-3-5-15(12)21(11)17(22)14-10-23-16(20-14)13-9-18-6-7-19-13/h2-7,9-11H,8H2,1H3/t11-/m1/s1. The van der Waals surface area contributed by atoms with E-state index in [0.717, 1.165) is 12.1 Å². The van der Waals surface area contributed by atoms with Crippen LogP contribution in [0.2, 0.25) is 0 Å². The van der Waals surface area contributed by atoms with Gasteiger partial charge in [-0.3, -0.25) is 14.8 Å². The molecule has 5 nitrogen and oxygen atoms in total. The number of hydrogen-bond donors (Lipinski definition) is 0. The number of rotatable bonds is 2. The van der Waals surface area contributed by atoms with Crippen LogP contribution in [0.3, 0.4) is 0 Å². The van der Waals surface area contributed by atoms with Crippen molar-refractivity contribution in [2.75, 3.05) is 4.90 Å². The third-order valence-electron chi connectivity index (χ3n) is 3.93. The minimum atomic E-state index is -0.0613. The van der Waals surface area contributed by atoms with E-state index in [1.54, 1.807) is 24.0 Å². The fourth-order valence-corrected chi connectivity index (χ4v) is 3.65. The predicted octanol–water partition coefficient (Wildman–Crippen LogP) is 3.19. The van der Waals surface area contributed by atoms with Crippen molar-refractivity contribution in [3.63, 3.8) is 0 Å². The average molecular weight is 322 g/mol. The third-order valence-corrected chi connectivity index (χ3v) is 4.80. The number of hydrogen-bond acceptors (Lipinski definition) is 5. The van der Waals surface area contributed by atoms with E-state index in [0.29, 0.717) is 16.4 Å². The SMILES string of the molecule is C[C@@H]1Cc2ccccc2N1C(=O)c1csc(-c2cnccn2)n1. The number of fused-ring (bicyclic) bond motifs is 1. The number of para-hydroxylation sites is 1. The molecular formula is C17H14N4OS. The van der Waals surface area contributed by atoms with E-state index >= 15 is 0 Å². The zero-order valence-electron chi connectivity index (χ0n) is 12.5. The maximum absolute atomic E-state index is 12.9. The van der Waals surface area contributed by atoms with E-state index in [-0.39, 0.29) is 11.9 Å². The Labute approximate surface area is 137 Å². The first-order valence-electron chi connectivity index (χ1n) is 7.37. The Morgan fingerprint density at radius 1 is 1.30 bits per heavy atom. The number of nitrogens with zero attached hydrogens (tertiary/aromatic N) is 4. The fourth-order valence-electron chi connectivity index (χ4n) is 2.90. The second kappa shape index (κ2) is 5.55. The van der Waals surface area contributed by atoms with Crippen molar-refractivity contribution < 1.29 is 4.79 Å². The average Bonchev–Trinajstić information content (AvgIpc) is 3.19. The Kier molecular flexibility index (Phi) is 3.38. The van der Waals surface area contributed by atoms with Gasteiger partial charge in [0.25, 0.3) is 5.91 Å². The molecule has 0 N–H and O–H groups in total. The molecular weight excluding hydrogens is 308 g/mol. The van der Waals surface area contributed by atoms with Crippen LogP contribution in [0.25, 0.3) is 10.7 Å². The minimum absolute atomic E-state index is 0.0613. The van der Waals surface area contributed by atoms with E-state index < -0.39 is 0 Å². The number of carbonyl (C=O) groups is 1. The second-order valence-electron chi connectivity index (χ2n) is 5.49. The van der Waals surface area contributed by atoms with Crippen molar-refractivity contribution in [3.8, 4) is 10.7 Å². The van der Waals surface area contributed by atoms with Gasteiger partial charge in [-0.1, -0.05) is 18.2 Å². The molecule has 0 spiro atoms. The van der Waals surface area contributed by atoms with E-state index in [2.05, 4.69) is 27.9 Å². The van der Waals surface area contributed by atoms with Gasteiger partial charge >= 0.3 is 0 Å². The molecule has 3 heterocycles. The Morgan fingerprint density at radius 3 is 3.00 bits per heavy atom. The molecule has 0 fully saturated rings. The lowest BCUT2D eigenvalue weighted by Gasteiger charge is -2.21. The van der Waals surface area contributed by atoms with Crippen molar-refractivity contribution in [2.45, 2.75) is 19.4 Å². The first kappa shape index (κ1) is 14.0. The van der Waals surface area contributed by atoms with Crippen LogP contribution >= 0.6 is 11.3 Å². The molecule has 23 heavy (non-hydrogen) atoms. The van der Waals surface area contributed by atoms with E-state index in [9.17, 15) is 4.79 Å². The molecule has 0 unspecified atom stereocenters. The molecule has 4 rings (SSSR count). The Hall–Kier alpha value is -2.60. The van der Waals surface area contributed by atoms with Crippen LogP contribution < -0.4 is 4.90 Å². The molecule has 0 saturated carbocycles. The molecule has 1 aromatic carbocycles. The molecule has 0 bridgehead atoms. The topological polar surface area (TPSA) is 59.0 Å². The number of aromatic nitrogens is 3. The first-order valence-corrected chi connectivity index (χ1v) is 8.25. The summed E-state index contributed by atoms with van der Waals surface area (Å²) in [6.07, 6.45) is 5.77. The molecule has 3 aromatic rings. The quantitative estimate of drug-likeness (QED) is 0.727. The van der Waals surface area contributed by atoms with Crippen LogP contribution in [0.5, 0.6) is 0 Å². The van der Waals surface area contributed by atoms with Gasteiger partial charge in [-0.2, -0.15) is 0 Å². The lowest BCUT2D eigenvalue weighted by Crippen LogP contribution is -2.35. The van der Waals surface area contributed by atoms with Gasteiger partial charge in [-0.25, -0.2) is 4.98 Å². The second-order valence-corrected chi connectivity index (χ2v) is 6.34. The normalized spacial score (nSPS) is 16.4. The number of benzene rings is 1. The van der Waals surface area contributed by atoms with Gasteiger partial charge in [0, 0.05) is 29.5 Å². The van der Waals surface area contributed by atoms with E-state index in [1.807, 2.05) is 23.1 Å². The number of anilines is 1. The molecule has 1 aliphatic heterocycles. The zero-order valence-corrected chi connectivity index (χ0v) is 13.3. The van der Waals surface area contributed by atoms with Gasteiger partial charge in [0.1, 0.15) is 16.4 Å². The minimum Gasteiger partial charge on any atom is -0.304 e. The van der Waals surface area contributed by atoms with Gasteiger partial charge in [0.15, 0.2) is 0 Å². The van der Waals surface area contributed by atoms with Gasteiger partial charge in [-0.05, 0) is 25.0 Å². The number of thiazole rings is 1. The summed E-state index contributed by atoms with van der Waals surface area (Å²) in [4.78, 5) is 27.5. The van der Waals surface area contributed by atoms with Crippen LogP contribution in [0.1, 0.15) is 23.0 Å². The van der Waals surface area contributed by atoms with Crippen LogP contribution in [0, 0.1) is 0 Å². The maximum Gasteiger partial charge on any atom is 0.278 e. The summed E-state index contributed by atoms with van der Waals surface area (Å²) in [5.41, 5.74) is 3.34. The molecule has 1 atom stereocenters. The molecule has 2 aromatic heterocycles. The predicted molar refractivity (Wildman–Crippen MR) is 89.6 cm³/mol. The Morgan fingerprint density at radius 2 is 2.17 bits per heavy atom. The number of amides is 1. The van der Waals surface area contributed by atoms with Crippen LogP contribution in [0.4, 0.5) is 5.69 Å². The number of carbonyl (C=O) groups excluding carboxylic acids is 1. The summed E-state index contributed by atoms with van der Waals surface area (Å²) >= 11 is 1.41. The highest BCUT2D eigenvalue weighted by molar-refractivity contribution is 7.13. The Balaban J connectivity index is 1.67. The molecule has 0 radical (unpaired) electrons. The van der Waals surface area contributed by atoms with E-state index in [4.69, 9.17) is 0 Å². The molecule has 0 aliphatic carbocycles. The smallest absolute Gasteiger partial charge is 0.278 e. The highest BCUT2D eigenvalue weighted by atomic mass is 32.1. The molecule has 0 saturated heterocycles. The van der Waals surface area contributed by atoms with Gasteiger partial charge in [-0.15, -0.1) is 11.3 Å². The lowest BCUT2D eigenvalue weighted by atomic mass is 10.1. The highest BCUT2D eigenvalue weighted by Crippen LogP contribution is 2.33. The van der Waals surface area contributed by atoms with Crippen molar-refractivity contribution in [3.05, 3.63) is 59.5 Å². The summed E-state index contributed by atoms with van der Waals surface area (Å²) in [6.45, 7) is 2.06.